The standard InChI is InChI=1S/C12H25NO4/c1-15-5-6-16-8-11(14)9-17-12-4-2-3-10(13)7-12/h10-12,14H,2-9,13H2,1H3. The van der Waals surface area contributed by atoms with E-state index in [1.165, 1.54) is 0 Å². The Morgan fingerprint density at radius 1 is 1.29 bits per heavy atom. The highest BCUT2D eigenvalue weighted by Crippen LogP contribution is 2.19. The van der Waals surface area contributed by atoms with E-state index >= 15 is 0 Å². The molecular weight excluding hydrogens is 222 g/mol. The molecule has 0 heterocycles. The predicted molar refractivity (Wildman–Crippen MR) is 64.9 cm³/mol. The highest BCUT2D eigenvalue weighted by molar-refractivity contribution is 4.75. The van der Waals surface area contributed by atoms with E-state index in [4.69, 9.17) is 19.9 Å². The third kappa shape index (κ3) is 6.95. The van der Waals surface area contributed by atoms with E-state index < -0.39 is 6.10 Å². The predicted octanol–water partition coefficient (Wildman–Crippen LogP) is 0.297. The van der Waals surface area contributed by atoms with Crippen LogP contribution in [-0.2, 0) is 14.2 Å². The Morgan fingerprint density at radius 3 is 2.82 bits per heavy atom. The molecule has 17 heavy (non-hydrogen) atoms. The van der Waals surface area contributed by atoms with Crippen LogP contribution in [0.4, 0.5) is 0 Å². The van der Waals surface area contributed by atoms with Gasteiger partial charge in [-0.2, -0.15) is 0 Å². The first-order valence-electron chi connectivity index (χ1n) is 6.34. The molecule has 1 saturated carbocycles. The van der Waals surface area contributed by atoms with Gasteiger partial charge >= 0.3 is 0 Å². The Bertz CT molecular complexity index is 191. The van der Waals surface area contributed by atoms with Crippen LogP contribution in [0.2, 0.25) is 0 Å². The second kappa shape index (κ2) is 8.83. The number of methoxy groups -OCH3 is 1. The summed E-state index contributed by atoms with van der Waals surface area (Å²) in [6, 6.07) is 0.254. The molecule has 1 aliphatic carbocycles. The van der Waals surface area contributed by atoms with Crippen molar-refractivity contribution in [3.05, 3.63) is 0 Å². The molecule has 1 fully saturated rings. The van der Waals surface area contributed by atoms with Crippen LogP contribution in [0.5, 0.6) is 0 Å². The largest absolute Gasteiger partial charge is 0.388 e. The zero-order valence-electron chi connectivity index (χ0n) is 10.6. The van der Waals surface area contributed by atoms with Gasteiger partial charge < -0.3 is 25.1 Å². The zero-order valence-corrected chi connectivity index (χ0v) is 10.6. The number of aliphatic hydroxyl groups excluding tert-OH is 1. The third-order valence-corrected chi connectivity index (χ3v) is 2.93. The molecule has 5 heteroatoms. The van der Waals surface area contributed by atoms with Crippen molar-refractivity contribution >= 4 is 0 Å². The fourth-order valence-corrected chi connectivity index (χ4v) is 1.99. The summed E-state index contributed by atoms with van der Waals surface area (Å²) < 4.78 is 15.7. The minimum atomic E-state index is -0.565. The maximum atomic E-state index is 9.62. The zero-order chi connectivity index (χ0) is 12.5. The maximum Gasteiger partial charge on any atom is 0.101 e. The summed E-state index contributed by atoms with van der Waals surface area (Å²) in [6.07, 6.45) is 3.79. The highest BCUT2D eigenvalue weighted by Gasteiger charge is 2.20. The summed E-state index contributed by atoms with van der Waals surface area (Å²) in [5.41, 5.74) is 5.86. The van der Waals surface area contributed by atoms with E-state index in [2.05, 4.69) is 0 Å². The first-order valence-corrected chi connectivity index (χ1v) is 6.34. The molecule has 102 valence electrons. The normalized spacial score (nSPS) is 27.0. The third-order valence-electron chi connectivity index (χ3n) is 2.93. The van der Waals surface area contributed by atoms with E-state index in [1.54, 1.807) is 7.11 Å². The van der Waals surface area contributed by atoms with Crippen molar-refractivity contribution in [1.29, 1.82) is 0 Å². The van der Waals surface area contributed by atoms with E-state index in [9.17, 15) is 5.11 Å². The van der Waals surface area contributed by atoms with Crippen LogP contribution in [0.3, 0.4) is 0 Å². The van der Waals surface area contributed by atoms with Gasteiger partial charge in [0.15, 0.2) is 0 Å². The summed E-state index contributed by atoms with van der Waals surface area (Å²) >= 11 is 0. The van der Waals surface area contributed by atoms with Crippen molar-refractivity contribution in [3.63, 3.8) is 0 Å². The molecule has 0 aromatic carbocycles. The second-order valence-electron chi connectivity index (χ2n) is 4.60. The van der Waals surface area contributed by atoms with Crippen LogP contribution < -0.4 is 5.73 Å². The maximum absolute atomic E-state index is 9.62. The van der Waals surface area contributed by atoms with Gasteiger partial charge in [-0.3, -0.25) is 0 Å². The molecule has 0 aliphatic heterocycles. The van der Waals surface area contributed by atoms with E-state index in [1.807, 2.05) is 0 Å². The molecule has 0 radical (unpaired) electrons. The Balaban J connectivity index is 2.00. The molecule has 3 atom stereocenters. The van der Waals surface area contributed by atoms with Gasteiger partial charge in [-0.25, -0.2) is 0 Å². The number of hydrogen-bond acceptors (Lipinski definition) is 5. The minimum absolute atomic E-state index is 0.201. The molecule has 0 aromatic heterocycles. The van der Waals surface area contributed by atoms with E-state index in [-0.39, 0.29) is 12.1 Å². The van der Waals surface area contributed by atoms with Crippen molar-refractivity contribution in [2.45, 2.75) is 43.9 Å². The lowest BCUT2D eigenvalue weighted by atomic mass is 9.93. The van der Waals surface area contributed by atoms with Crippen LogP contribution in [0.25, 0.3) is 0 Å². The molecule has 1 aliphatic rings. The van der Waals surface area contributed by atoms with Crippen molar-refractivity contribution < 1.29 is 19.3 Å². The summed E-state index contributed by atoms with van der Waals surface area (Å²) in [6.45, 7) is 1.67. The summed E-state index contributed by atoms with van der Waals surface area (Å²) in [4.78, 5) is 0. The number of ether oxygens (including phenoxy) is 3. The van der Waals surface area contributed by atoms with Gasteiger partial charge in [-0.15, -0.1) is 0 Å². The Hall–Kier alpha value is -0.200. The fraction of sp³-hybridized carbons (Fsp3) is 1.00. The van der Waals surface area contributed by atoms with Gasteiger partial charge in [0.05, 0.1) is 32.5 Å². The number of aliphatic hydroxyl groups is 1. The van der Waals surface area contributed by atoms with Crippen molar-refractivity contribution in [1.82, 2.24) is 0 Å². The van der Waals surface area contributed by atoms with Crippen LogP contribution in [0.1, 0.15) is 25.7 Å². The van der Waals surface area contributed by atoms with Gasteiger partial charge in [0.25, 0.3) is 0 Å². The van der Waals surface area contributed by atoms with Crippen molar-refractivity contribution in [3.8, 4) is 0 Å². The van der Waals surface area contributed by atoms with E-state index in [0.29, 0.717) is 26.4 Å². The molecule has 0 aromatic rings. The number of rotatable bonds is 8. The van der Waals surface area contributed by atoms with Gasteiger partial charge in [-0.05, 0) is 25.7 Å². The monoisotopic (exact) mass is 247 g/mol. The summed E-state index contributed by atoms with van der Waals surface area (Å²) in [7, 11) is 1.62. The minimum Gasteiger partial charge on any atom is -0.388 e. The second-order valence-corrected chi connectivity index (χ2v) is 4.60. The molecule has 3 unspecified atom stereocenters. The van der Waals surface area contributed by atoms with E-state index in [0.717, 1.165) is 25.7 Å². The molecule has 5 nitrogen and oxygen atoms in total. The topological polar surface area (TPSA) is 73.9 Å². The molecule has 0 saturated heterocycles. The highest BCUT2D eigenvalue weighted by atomic mass is 16.5. The van der Waals surface area contributed by atoms with Crippen LogP contribution >= 0.6 is 0 Å². The lowest BCUT2D eigenvalue weighted by molar-refractivity contribution is -0.0588. The smallest absolute Gasteiger partial charge is 0.101 e. The van der Waals surface area contributed by atoms with Crippen LogP contribution in [0.15, 0.2) is 0 Å². The molecule has 0 amide bonds. The van der Waals surface area contributed by atoms with Crippen LogP contribution in [-0.4, -0.2) is 56.9 Å². The quantitative estimate of drug-likeness (QED) is 0.603. The molecule has 3 N–H and O–H groups in total. The van der Waals surface area contributed by atoms with Gasteiger partial charge in [0.2, 0.25) is 0 Å². The molecule has 0 spiro atoms. The lowest BCUT2D eigenvalue weighted by Gasteiger charge is -2.27. The molecular formula is C12H25NO4. The first-order chi connectivity index (χ1) is 8.22. The van der Waals surface area contributed by atoms with Gasteiger partial charge in [0, 0.05) is 13.2 Å². The van der Waals surface area contributed by atoms with Gasteiger partial charge in [-0.1, -0.05) is 0 Å². The Morgan fingerprint density at radius 2 is 2.12 bits per heavy atom. The molecule has 0 bridgehead atoms. The van der Waals surface area contributed by atoms with Gasteiger partial charge in [0.1, 0.15) is 6.10 Å². The Labute approximate surface area is 103 Å². The summed E-state index contributed by atoms with van der Waals surface area (Å²) in [5, 5.41) is 9.62. The lowest BCUT2D eigenvalue weighted by Crippen LogP contribution is -2.34. The fourth-order valence-electron chi connectivity index (χ4n) is 1.99. The summed E-state index contributed by atoms with van der Waals surface area (Å²) in [5.74, 6) is 0. The average Bonchev–Trinajstić information content (AvgIpc) is 2.32. The number of hydrogen-bond donors (Lipinski definition) is 2. The first kappa shape index (κ1) is 14.9. The number of nitrogens with two attached hydrogens (primary N) is 1. The van der Waals surface area contributed by atoms with Crippen LogP contribution in [0, 0.1) is 0 Å². The average molecular weight is 247 g/mol. The molecule has 1 rings (SSSR count). The van der Waals surface area contributed by atoms with Crippen molar-refractivity contribution in [2.24, 2.45) is 5.73 Å². The Kier molecular flexibility index (Phi) is 7.72. The SMILES string of the molecule is COCCOCC(O)COC1CCCC(N)C1. The van der Waals surface area contributed by atoms with Crippen molar-refractivity contribution in [2.75, 3.05) is 33.5 Å².